The van der Waals surface area contributed by atoms with E-state index in [4.69, 9.17) is 4.74 Å². The van der Waals surface area contributed by atoms with Crippen LogP contribution in [0.2, 0.25) is 0 Å². The van der Waals surface area contributed by atoms with Crippen LogP contribution in [0, 0.1) is 5.92 Å². The highest BCUT2D eigenvalue weighted by Crippen LogP contribution is 2.36. The number of alkyl halides is 3. The van der Waals surface area contributed by atoms with Gasteiger partial charge in [-0.25, -0.2) is 4.98 Å². The minimum Gasteiger partial charge on any atom is -0.491 e. The molecule has 0 fully saturated rings. The van der Waals surface area contributed by atoms with E-state index in [-0.39, 0.29) is 6.42 Å². The molecule has 0 N–H and O–H groups in total. The second-order valence-electron chi connectivity index (χ2n) is 6.44. The zero-order chi connectivity index (χ0) is 18.2. The third-order valence-electron chi connectivity index (χ3n) is 4.42. The van der Waals surface area contributed by atoms with E-state index >= 15 is 0 Å². The maximum Gasteiger partial charge on any atom is 0.395 e. The number of fused-ring (bicyclic) bond motifs is 1. The molecule has 1 aromatic rings. The smallest absolute Gasteiger partial charge is 0.395 e. The predicted molar refractivity (Wildman–Crippen MR) is 90.4 cm³/mol. The van der Waals surface area contributed by atoms with Crippen molar-refractivity contribution in [1.82, 2.24) is 14.5 Å². The summed E-state index contributed by atoms with van der Waals surface area (Å²) in [7, 11) is 3.78. The normalized spacial score (nSPS) is 20.2. The number of aromatic nitrogens is 2. The number of halogens is 3. The maximum absolute atomic E-state index is 13.0. The molecule has 0 aromatic carbocycles. The van der Waals surface area contributed by atoms with E-state index in [9.17, 15) is 13.2 Å². The van der Waals surface area contributed by atoms with Gasteiger partial charge in [0, 0.05) is 33.3 Å². The Morgan fingerprint density at radius 2 is 2.08 bits per heavy atom. The van der Waals surface area contributed by atoms with Crippen molar-refractivity contribution < 1.29 is 17.9 Å². The lowest BCUT2D eigenvalue weighted by molar-refractivity contribution is -0.160. The summed E-state index contributed by atoms with van der Waals surface area (Å²) in [6.07, 6.45) is 3.18. The van der Waals surface area contributed by atoms with Crippen LogP contribution in [-0.2, 0) is 18.2 Å². The van der Waals surface area contributed by atoms with E-state index in [1.54, 1.807) is 0 Å². The summed E-state index contributed by atoms with van der Waals surface area (Å²) in [5.74, 6) is -0.120. The van der Waals surface area contributed by atoms with E-state index in [1.807, 2.05) is 42.8 Å². The van der Waals surface area contributed by atoms with Gasteiger partial charge >= 0.3 is 6.18 Å². The van der Waals surface area contributed by atoms with Gasteiger partial charge in [0.15, 0.2) is 0 Å². The molecule has 0 saturated heterocycles. The Morgan fingerprint density at radius 3 is 2.76 bits per heavy atom. The summed E-state index contributed by atoms with van der Waals surface area (Å²) in [5.41, 5.74) is 2.04. The molecule has 0 amide bonds. The summed E-state index contributed by atoms with van der Waals surface area (Å²) in [5, 5.41) is 0. The first-order chi connectivity index (χ1) is 11.8. The lowest BCUT2D eigenvalue weighted by Gasteiger charge is -2.23. The fourth-order valence-corrected chi connectivity index (χ4v) is 3.06. The molecule has 0 saturated carbocycles. The van der Waals surface area contributed by atoms with Gasteiger partial charge < -0.3 is 14.2 Å². The van der Waals surface area contributed by atoms with E-state index < -0.39 is 12.1 Å². The Kier molecular flexibility index (Phi) is 4.67. The molecule has 7 heteroatoms. The number of imidazole rings is 1. The van der Waals surface area contributed by atoms with Gasteiger partial charge in [-0.05, 0) is 12.5 Å². The second-order valence-corrected chi connectivity index (χ2v) is 6.44. The zero-order valence-corrected chi connectivity index (χ0v) is 14.6. The van der Waals surface area contributed by atoms with Crippen molar-refractivity contribution in [3.05, 3.63) is 41.3 Å². The van der Waals surface area contributed by atoms with Crippen LogP contribution >= 0.6 is 0 Å². The third kappa shape index (κ3) is 3.45. The van der Waals surface area contributed by atoms with Crippen molar-refractivity contribution in [1.29, 1.82) is 0 Å². The molecule has 2 heterocycles. The summed E-state index contributed by atoms with van der Waals surface area (Å²) >= 11 is 0. The third-order valence-corrected chi connectivity index (χ3v) is 4.42. The molecule has 25 heavy (non-hydrogen) atoms. The van der Waals surface area contributed by atoms with Gasteiger partial charge in [0.25, 0.3) is 0 Å². The molecule has 0 radical (unpaired) electrons. The average molecular weight is 353 g/mol. The number of ether oxygens (including phenoxy) is 1. The standard InChI is InChI=1S/C18H22F3N3O/c1-4-9-25-16-11-23(2)8-7-13(16)17-22-14-10-12(18(19,20)21)5-6-15(14)24(17)3/h5-7,11-12H,4,8-10H2,1-3H3. The number of allylic oxidation sites excluding steroid dienone is 2. The topological polar surface area (TPSA) is 30.3 Å². The van der Waals surface area contributed by atoms with Crippen LogP contribution in [0.15, 0.2) is 24.1 Å². The van der Waals surface area contributed by atoms with Crippen LogP contribution in [0.3, 0.4) is 0 Å². The van der Waals surface area contributed by atoms with Crippen LogP contribution in [-0.4, -0.2) is 40.8 Å². The van der Waals surface area contributed by atoms with Gasteiger partial charge in [0.1, 0.15) is 11.6 Å². The molecule has 136 valence electrons. The Morgan fingerprint density at radius 1 is 1.32 bits per heavy atom. The van der Waals surface area contributed by atoms with E-state index in [2.05, 4.69) is 4.98 Å². The molecule has 1 aliphatic carbocycles. The highest BCUT2D eigenvalue weighted by atomic mass is 19.4. The molecule has 1 atom stereocenters. The number of rotatable bonds is 4. The fraction of sp³-hybridized carbons (Fsp3) is 0.500. The van der Waals surface area contributed by atoms with Gasteiger partial charge in [0.05, 0.1) is 29.5 Å². The molecule has 0 bridgehead atoms. The number of hydrogen-bond acceptors (Lipinski definition) is 3. The Hall–Kier alpha value is -2.18. The number of likely N-dealkylation sites (N-methyl/N-ethyl adjacent to an activating group) is 1. The van der Waals surface area contributed by atoms with E-state index in [1.165, 1.54) is 12.2 Å². The summed E-state index contributed by atoms with van der Waals surface area (Å²) in [6.45, 7) is 3.31. The fourth-order valence-electron chi connectivity index (χ4n) is 3.06. The predicted octanol–water partition coefficient (Wildman–Crippen LogP) is 3.76. The highest BCUT2D eigenvalue weighted by molar-refractivity contribution is 5.76. The largest absolute Gasteiger partial charge is 0.491 e. The van der Waals surface area contributed by atoms with E-state index in [0.29, 0.717) is 30.4 Å². The molecule has 2 aliphatic rings. The summed E-state index contributed by atoms with van der Waals surface area (Å²) < 4.78 is 46.7. The van der Waals surface area contributed by atoms with Crippen LogP contribution in [0.5, 0.6) is 0 Å². The van der Waals surface area contributed by atoms with E-state index in [0.717, 1.165) is 17.7 Å². The summed E-state index contributed by atoms with van der Waals surface area (Å²) in [4.78, 5) is 6.52. The van der Waals surface area contributed by atoms with Crippen LogP contribution in [0.25, 0.3) is 11.6 Å². The molecule has 1 unspecified atom stereocenters. The van der Waals surface area contributed by atoms with Crippen molar-refractivity contribution in [3.63, 3.8) is 0 Å². The van der Waals surface area contributed by atoms with Crippen LogP contribution < -0.4 is 0 Å². The Bertz CT molecular complexity index is 743. The summed E-state index contributed by atoms with van der Waals surface area (Å²) in [6, 6.07) is 0. The Balaban J connectivity index is 1.94. The SMILES string of the molecule is CCCOC1=CN(C)CC=C1c1nc2c(n1C)C=CC(C(F)(F)F)C2. The van der Waals surface area contributed by atoms with Gasteiger partial charge in [0.2, 0.25) is 0 Å². The molecule has 1 aromatic heterocycles. The molecular weight excluding hydrogens is 331 g/mol. The highest BCUT2D eigenvalue weighted by Gasteiger charge is 2.40. The molecule has 0 spiro atoms. The minimum absolute atomic E-state index is 0.120. The van der Waals surface area contributed by atoms with Crippen LogP contribution in [0.4, 0.5) is 13.2 Å². The second kappa shape index (κ2) is 6.61. The van der Waals surface area contributed by atoms with Gasteiger partial charge in [-0.2, -0.15) is 13.2 Å². The molecule has 4 nitrogen and oxygen atoms in total. The first kappa shape index (κ1) is 17.6. The number of hydrogen-bond donors (Lipinski definition) is 0. The van der Waals surface area contributed by atoms with Gasteiger partial charge in [-0.3, -0.25) is 0 Å². The molecule has 1 aliphatic heterocycles. The van der Waals surface area contributed by atoms with Crippen molar-refractivity contribution in [2.45, 2.75) is 25.9 Å². The zero-order valence-electron chi connectivity index (χ0n) is 14.6. The van der Waals surface area contributed by atoms with Crippen LogP contribution in [0.1, 0.15) is 30.6 Å². The number of nitrogens with zero attached hydrogens (tertiary/aromatic N) is 3. The van der Waals surface area contributed by atoms with Gasteiger partial charge in [-0.15, -0.1) is 0 Å². The minimum atomic E-state index is -4.24. The van der Waals surface area contributed by atoms with Crippen molar-refractivity contribution in [2.24, 2.45) is 13.0 Å². The lowest BCUT2D eigenvalue weighted by atomic mass is 9.96. The average Bonchev–Trinajstić information content (AvgIpc) is 2.88. The lowest BCUT2D eigenvalue weighted by Crippen LogP contribution is -2.25. The first-order valence-corrected chi connectivity index (χ1v) is 8.37. The van der Waals surface area contributed by atoms with Crippen molar-refractivity contribution in [3.8, 4) is 0 Å². The van der Waals surface area contributed by atoms with Crippen molar-refractivity contribution >= 4 is 11.6 Å². The molecule has 3 rings (SSSR count). The van der Waals surface area contributed by atoms with Gasteiger partial charge in [-0.1, -0.05) is 19.1 Å². The Labute approximate surface area is 145 Å². The monoisotopic (exact) mass is 353 g/mol. The quantitative estimate of drug-likeness (QED) is 0.826. The maximum atomic E-state index is 13.0. The molecular formula is C18H22F3N3O. The van der Waals surface area contributed by atoms with Crippen molar-refractivity contribution in [2.75, 3.05) is 20.2 Å². The first-order valence-electron chi connectivity index (χ1n) is 8.37.